The van der Waals surface area contributed by atoms with E-state index in [-0.39, 0.29) is 12.1 Å². The number of anilines is 1. The number of carbonyl (C=O) groups excluding carboxylic acids is 1. The van der Waals surface area contributed by atoms with Gasteiger partial charge in [-0.25, -0.2) is 9.78 Å². The Kier molecular flexibility index (Phi) is 4.37. The van der Waals surface area contributed by atoms with E-state index in [1.165, 1.54) is 12.8 Å². The number of hydrogen-bond donors (Lipinski definition) is 1. The summed E-state index contributed by atoms with van der Waals surface area (Å²) in [5, 5.41) is 11.4. The van der Waals surface area contributed by atoms with Gasteiger partial charge in [0.05, 0.1) is 11.9 Å². The third-order valence-electron chi connectivity index (χ3n) is 3.98. The second kappa shape index (κ2) is 6.29. The molecule has 1 N–H and O–H groups in total. The number of hydrogen-bond acceptors (Lipinski definition) is 6. The van der Waals surface area contributed by atoms with E-state index in [0.29, 0.717) is 18.4 Å². The van der Waals surface area contributed by atoms with Crippen LogP contribution in [0.3, 0.4) is 0 Å². The molecule has 0 bridgehead atoms. The van der Waals surface area contributed by atoms with Crippen molar-refractivity contribution in [3.05, 3.63) is 11.9 Å². The van der Waals surface area contributed by atoms with Crippen LogP contribution in [0.2, 0.25) is 0 Å². The summed E-state index contributed by atoms with van der Waals surface area (Å²) in [7, 11) is 0. The minimum atomic E-state index is -0.469. The van der Waals surface area contributed by atoms with Gasteiger partial charge in [-0.05, 0) is 46.5 Å². The molecule has 0 radical (unpaired) electrons. The number of amides is 1. The molecule has 2 fully saturated rings. The topological polar surface area (TPSA) is 80.2 Å². The van der Waals surface area contributed by atoms with E-state index in [1.54, 1.807) is 11.1 Å². The highest BCUT2D eigenvalue weighted by Gasteiger charge is 2.29. The maximum atomic E-state index is 12.2. The normalized spacial score (nSPS) is 21.9. The number of ether oxygens (including phenoxy) is 1. The van der Waals surface area contributed by atoms with Crippen LogP contribution < -0.4 is 5.32 Å². The van der Waals surface area contributed by atoms with E-state index in [9.17, 15) is 4.79 Å². The monoisotopic (exact) mass is 319 g/mol. The molecule has 3 rings (SSSR count). The fourth-order valence-electron chi connectivity index (χ4n) is 2.72. The molecule has 0 spiro atoms. The zero-order valence-electron chi connectivity index (χ0n) is 14.1. The molecular formula is C16H25N5O2. The lowest BCUT2D eigenvalue weighted by Gasteiger charge is -2.34. The molecule has 7 heteroatoms. The van der Waals surface area contributed by atoms with Gasteiger partial charge in [0, 0.05) is 25.0 Å². The van der Waals surface area contributed by atoms with Crippen LogP contribution in [0, 0.1) is 0 Å². The number of nitrogens with zero attached hydrogens (tertiary/aromatic N) is 4. The summed E-state index contributed by atoms with van der Waals surface area (Å²) in [4.78, 5) is 18.5. The van der Waals surface area contributed by atoms with Gasteiger partial charge in [-0.15, -0.1) is 5.10 Å². The number of likely N-dealkylation sites (tertiary alicyclic amines) is 1. The molecule has 2 heterocycles. The van der Waals surface area contributed by atoms with Gasteiger partial charge in [0.2, 0.25) is 5.95 Å². The van der Waals surface area contributed by atoms with Gasteiger partial charge >= 0.3 is 6.09 Å². The molecule has 23 heavy (non-hydrogen) atoms. The second-order valence-corrected chi connectivity index (χ2v) is 7.39. The number of aromatic nitrogens is 3. The van der Waals surface area contributed by atoms with Crippen LogP contribution in [0.15, 0.2) is 6.20 Å². The Morgan fingerprint density at radius 3 is 2.83 bits per heavy atom. The average Bonchev–Trinajstić information content (AvgIpc) is 3.31. The van der Waals surface area contributed by atoms with E-state index < -0.39 is 5.60 Å². The molecule has 1 aromatic rings. The molecule has 126 valence electrons. The summed E-state index contributed by atoms with van der Waals surface area (Å²) in [5.41, 5.74) is 0.547. The predicted molar refractivity (Wildman–Crippen MR) is 86.3 cm³/mol. The molecule has 7 nitrogen and oxygen atoms in total. The predicted octanol–water partition coefficient (Wildman–Crippen LogP) is 2.56. The van der Waals surface area contributed by atoms with Gasteiger partial charge in [0.15, 0.2) is 0 Å². The van der Waals surface area contributed by atoms with Crippen LogP contribution in [-0.2, 0) is 4.74 Å². The highest BCUT2D eigenvalue weighted by atomic mass is 16.6. The third-order valence-corrected chi connectivity index (χ3v) is 3.98. The fourth-order valence-corrected chi connectivity index (χ4v) is 2.72. The van der Waals surface area contributed by atoms with Gasteiger partial charge < -0.3 is 15.0 Å². The Hall–Kier alpha value is -1.92. The fraction of sp³-hybridized carbons (Fsp3) is 0.750. The Bertz CT molecular complexity index is 568. The van der Waals surface area contributed by atoms with Crippen molar-refractivity contribution in [1.29, 1.82) is 0 Å². The lowest BCUT2D eigenvalue weighted by Crippen LogP contribution is -2.47. The van der Waals surface area contributed by atoms with Crippen molar-refractivity contribution in [3.8, 4) is 0 Å². The van der Waals surface area contributed by atoms with Gasteiger partial charge in [-0.1, -0.05) is 0 Å². The van der Waals surface area contributed by atoms with Crippen LogP contribution >= 0.6 is 0 Å². The Balaban J connectivity index is 1.58. The van der Waals surface area contributed by atoms with Crippen molar-refractivity contribution >= 4 is 12.0 Å². The minimum absolute atomic E-state index is 0.132. The van der Waals surface area contributed by atoms with Crippen molar-refractivity contribution in [2.45, 2.75) is 64.0 Å². The Morgan fingerprint density at radius 2 is 2.13 bits per heavy atom. The summed E-state index contributed by atoms with van der Waals surface area (Å²) in [6.45, 7) is 6.98. The van der Waals surface area contributed by atoms with E-state index in [1.807, 2.05) is 20.8 Å². The lowest BCUT2D eigenvalue weighted by molar-refractivity contribution is 0.0206. The molecule has 2 aliphatic rings. The number of piperidine rings is 1. The highest BCUT2D eigenvalue weighted by molar-refractivity contribution is 5.68. The zero-order valence-corrected chi connectivity index (χ0v) is 14.1. The molecule has 1 saturated heterocycles. The first kappa shape index (κ1) is 16.0. The van der Waals surface area contributed by atoms with E-state index in [0.717, 1.165) is 25.1 Å². The first-order valence-corrected chi connectivity index (χ1v) is 8.35. The molecule has 1 amide bonds. The maximum Gasteiger partial charge on any atom is 0.410 e. The van der Waals surface area contributed by atoms with Crippen molar-refractivity contribution in [2.24, 2.45) is 0 Å². The van der Waals surface area contributed by atoms with Gasteiger partial charge in [0.1, 0.15) is 5.60 Å². The molecule has 1 atom stereocenters. The number of rotatable bonds is 3. The van der Waals surface area contributed by atoms with Gasteiger partial charge in [-0.2, -0.15) is 5.10 Å². The second-order valence-electron chi connectivity index (χ2n) is 7.39. The molecule has 0 aromatic carbocycles. The molecule has 1 saturated carbocycles. The summed E-state index contributed by atoms with van der Waals surface area (Å²) < 4.78 is 5.45. The number of carbonyl (C=O) groups is 1. The number of nitrogens with one attached hydrogen (secondary N) is 1. The Labute approximate surface area is 136 Å². The Morgan fingerprint density at radius 1 is 1.35 bits per heavy atom. The summed E-state index contributed by atoms with van der Waals surface area (Å²) in [6.07, 6.45) is 5.79. The van der Waals surface area contributed by atoms with Crippen LogP contribution in [0.25, 0.3) is 0 Å². The summed E-state index contributed by atoms with van der Waals surface area (Å²) >= 11 is 0. The SMILES string of the molecule is CC(C)(C)OC(=O)N1CCCC(Nc2nncc(C3CC3)n2)C1. The minimum Gasteiger partial charge on any atom is -0.444 e. The molecule has 1 aliphatic heterocycles. The molecule has 1 aliphatic carbocycles. The average molecular weight is 319 g/mol. The first-order valence-electron chi connectivity index (χ1n) is 8.35. The van der Waals surface area contributed by atoms with E-state index >= 15 is 0 Å². The van der Waals surface area contributed by atoms with Crippen molar-refractivity contribution in [2.75, 3.05) is 18.4 Å². The standard InChI is InChI=1S/C16H25N5O2/c1-16(2,3)23-15(22)21-8-4-5-12(10-21)18-14-19-13(9-17-20-14)11-6-7-11/h9,11-12H,4-8,10H2,1-3H3,(H,18,19,20). The lowest BCUT2D eigenvalue weighted by atomic mass is 10.1. The van der Waals surface area contributed by atoms with Crippen LogP contribution in [0.1, 0.15) is 58.1 Å². The molecule has 1 aromatic heterocycles. The van der Waals surface area contributed by atoms with Gasteiger partial charge in [-0.3, -0.25) is 0 Å². The highest BCUT2D eigenvalue weighted by Crippen LogP contribution is 2.38. The van der Waals surface area contributed by atoms with Crippen molar-refractivity contribution in [3.63, 3.8) is 0 Å². The largest absolute Gasteiger partial charge is 0.444 e. The van der Waals surface area contributed by atoms with Crippen molar-refractivity contribution < 1.29 is 9.53 Å². The zero-order chi connectivity index (χ0) is 16.4. The smallest absolute Gasteiger partial charge is 0.410 e. The van der Waals surface area contributed by atoms with Crippen LogP contribution in [0.5, 0.6) is 0 Å². The van der Waals surface area contributed by atoms with E-state index in [4.69, 9.17) is 4.74 Å². The summed E-state index contributed by atoms with van der Waals surface area (Å²) in [6, 6.07) is 0.132. The van der Waals surface area contributed by atoms with Crippen LogP contribution in [0.4, 0.5) is 10.7 Å². The molecular weight excluding hydrogens is 294 g/mol. The first-order chi connectivity index (χ1) is 10.9. The summed E-state index contributed by atoms with van der Waals surface area (Å²) in [5.74, 6) is 1.11. The van der Waals surface area contributed by atoms with Crippen LogP contribution in [-0.4, -0.2) is 50.9 Å². The van der Waals surface area contributed by atoms with Crippen molar-refractivity contribution in [1.82, 2.24) is 20.1 Å². The quantitative estimate of drug-likeness (QED) is 0.922. The van der Waals surface area contributed by atoms with Gasteiger partial charge in [0.25, 0.3) is 0 Å². The third kappa shape index (κ3) is 4.53. The molecule has 1 unspecified atom stereocenters. The van der Waals surface area contributed by atoms with E-state index in [2.05, 4.69) is 20.5 Å². The maximum absolute atomic E-state index is 12.2.